The van der Waals surface area contributed by atoms with Gasteiger partial charge in [-0.25, -0.2) is 0 Å². The molecular weight excluding hydrogens is 270 g/mol. The van der Waals surface area contributed by atoms with Gasteiger partial charge in [0.2, 0.25) is 5.91 Å². The number of H-pyrrole nitrogens is 1. The molecule has 0 aromatic carbocycles. The van der Waals surface area contributed by atoms with E-state index in [1.807, 2.05) is 25.3 Å². The lowest BCUT2D eigenvalue weighted by atomic mass is 10.2. The van der Waals surface area contributed by atoms with E-state index >= 15 is 0 Å². The molecule has 0 aliphatic heterocycles. The van der Waals surface area contributed by atoms with Crippen LogP contribution in [0, 0.1) is 0 Å². The second-order valence-electron chi connectivity index (χ2n) is 4.92. The minimum absolute atomic E-state index is 0.0316. The standard InChI is InChI=1S/C14H21N5O2/c1-4-13(19-7-5-6-15-19)14(20)18(2)9-11-8-12(10-21-3)17-16-11/h5-8,13H,4,9-10H2,1-3H3,(H,16,17)/t13-/m1/s1. The van der Waals surface area contributed by atoms with Crippen molar-refractivity contribution < 1.29 is 9.53 Å². The third kappa shape index (κ3) is 3.69. The van der Waals surface area contributed by atoms with Crippen LogP contribution in [0.2, 0.25) is 0 Å². The summed E-state index contributed by atoms with van der Waals surface area (Å²) in [6.45, 7) is 2.91. The molecular formula is C14H21N5O2. The molecule has 0 aliphatic rings. The Morgan fingerprint density at radius 1 is 1.57 bits per heavy atom. The molecule has 0 saturated heterocycles. The Bertz CT molecular complexity index is 564. The maximum Gasteiger partial charge on any atom is 0.247 e. The molecule has 21 heavy (non-hydrogen) atoms. The maximum atomic E-state index is 12.5. The number of nitrogens with one attached hydrogen (secondary N) is 1. The summed E-state index contributed by atoms with van der Waals surface area (Å²) in [7, 11) is 3.41. The van der Waals surface area contributed by atoms with Crippen LogP contribution in [0.3, 0.4) is 0 Å². The molecule has 114 valence electrons. The smallest absolute Gasteiger partial charge is 0.247 e. The summed E-state index contributed by atoms with van der Waals surface area (Å²) in [5.41, 5.74) is 1.71. The van der Waals surface area contributed by atoms with E-state index in [0.29, 0.717) is 19.6 Å². The van der Waals surface area contributed by atoms with Gasteiger partial charge < -0.3 is 9.64 Å². The van der Waals surface area contributed by atoms with Crippen molar-refractivity contribution in [2.45, 2.75) is 32.5 Å². The second-order valence-corrected chi connectivity index (χ2v) is 4.92. The summed E-state index contributed by atoms with van der Waals surface area (Å²) in [4.78, 5) is 14.2. The molecule has 0 unspecified atom stereocenters. The van der Waals surface area contributed by atoms with Gasteiger partial charge in [0, 0.05) is 26.6 Å². The van der Waals surface area contributed by atoms with Crippen LogP contribution in [-0.2, 0) is 22.7 Å². The summed E-state index contributed by atoms with van der Waals surface area (Å²) >= 11 is 0. The van der Waals surface area contributed by atoms with E-state index < -0.39 is 0 Å². The normalized spacial score (nSPS) is 12.3. The lowest BCUT2D eigenvalue weighted by Gasteiger charge is -2.22. The largest absolute Gasteiger partial charge is 0.378 e. The zero-order chi connectivity index (χ0) is 15.2. The van der Waals surface area contributed by atoms with Gasteiger partial charge in [0.05, 0.1) is 24.5 Å². The molecule has 1 atom stereocenters. The van der Waals surface area contributed by atoms with Gasteiger partial charge in [0.15, 0.2) is 0 Å². The molecule has 2 aromatic heterocycles. The quantitative estimate of drug-likeness (QED) is 0.835. The summed E-state index contributed by atoms with van der Waals surface area (Å²) in [5.74, 6) is 0.0316. The molecule has 7 nitrogen and oxygen atoms in total. The molecule has 2 heterocycles. The van der Waals surface area contributed by atoms with Crippen molar-refractivity contribution >= 4 is 5.91 Å². The molecule has 0 saturated carbocycles. The van der Waals surface area contributed by atoms with E-state index in [4.69, 9.17) is 4.74 Å². The summed E-state index contributed by atoms with van der Waals surface area (Å²) in [5, 5.41) is 11.2. The number of nitrogens with zero attached hydrogens (tertiary/aromatic N) is 4. The Labute approximate surface area is 123 Å². The number of aromatic amines is 1. The minimum atomic E-state index is -0.272. The first kappa shape index (κ1) is 15.2. The van der Waals surface area contributed by atoms with Gasteiger partial charge in [-0.05, 0) is 18.6 Å². The van der Waals surface area contributed by atoms with Crippen LogP contribution in [-0.4, -0.2) is 44.9 Å². The highest BCUT2D eigenvalue weighted by atomic mass is 16.5. The zero-order valence-corrected chi connectivity index (χ0v) is 12.6. The predicted molar refractivity (Wildman–Crippen MR) is 77.3 cm³/mol. The van der Waals surface area contributed by atoms with E-state index in [1.165, 1.54) is 0 Å². The van der Waals surface area contributed by atoms with E-state index in [2.05, 4.69) is 15.3 Å². The lowest BCUT2D eigenvalue weighted by molar-refractivity contribution is -0.134. The third-order valence-electron chi connectivity index (χ3n) is 3.28. The average Bonchev–Trinajstić information content (AvgIpc) is 3.12. The van der Waals surface area contributed by atoms with Gasteiger partial charge in [0.25, 0.3) is 0 Å². The number of amides is 1. The zero-order valence-electron chi connectivity index (χ0n) is 12.6. The summed E-state index contributed by atoms with van der Waals surface area (Å²) in [6, 6.07) is 3.45. The first-order valence-corrected chi connectivity index (χ1v) is 6.92. The molecule has 0 bridgehead atoms. The van der Waals surface area contributed by atoms with Crippen LogP contribution in [0.15, 0.2) is 24.5 Å². The highest BCUT2D eigenvalue weighted by Gasteiger charge is 2.22. The summed E-state index contributed by atoms with van der Waals surface area (Å²) in [6.07, 6.45) is 4.19. The fourth-order valence-corrected chi connectivity index (χ4v) is 2.24. The number of methoxy groups -OCH3 is 1. The molecule has 0 fully saturated rings. The van der Waals surface area contributed by atoms with Crippen LogP contribution >= 0.6 is 0 Å². The maximum absolute atomic E-state index is 12.5. The van der Waals surface area contributed by atoms with Crippen molar-refractivity contribution in [3.05, 3.63) is 35.9 Å². The van der Waals surface area contributed by atoms with E-state index in [1.54, 1.807) is 29.9 Å². The van der Waals surface area contributed by atoms with Crippen LogP contribution < -0.4 is 0 Å². The fraction of sp³-hybridized carbons (Fsp3) is 0.500. The first-order chi connectivity index (χ1) is 10.2. The van der Waals surface area contributed by atoms with Gasteiger partial charge in [-0.2, -0.15) is 10.2 Å². The molecule has 0 aliphatic carbocycles. The Morgan fingerprint density at radius 3 is 3.00 bits per heavy atom. The van der Waals surface area contributed by atoms with E-state index in [0.717, 1.165) is 11.4 Å². The van der Waals surface area contributed by atoms with Gasteiger partial charge in [0.1, 0.15) is 6.04 Å². The van der Waals surface area contributed by atoms with Gasteiger partial charge >= 0.3 is 0 Å². The Kier molecular flexibility index (Phi) is 5.10. The molecule has 2 aromatic rings. The van der Waals surface area contributed by atoms with Gasteiger partial charge in [-0.3, -0.25) is 14.6 Å². The topological polar surface area (TPSA) is 76.0 Å². The van der Waals surface area contributed by atoms with E-state index in [9.17, 15) is 4.79 Å². The molecule has 7 heteroatoms. The van der Waals surface area contributed by atoms with Crippen LogP contribution in [0.25, 0.3) is 0 Å². The average molecular weight is 291 g/mol. The highest BCUT2D eigenvalue weighted by Crippen LogP contribution is 2.14. The summed E-state index contributed by atoms with van der Waals surface area (Å²) < 4.78 is 6.72. The van der Waals surface area contributed by atoms with Gasteiger partial charge in [-0.15, -0.1) is 0 Å². The Balaban J connectivity index is 2.01. The number of aromatic nitrogens is 4. The van der Waals surface area contributed by atoms with Crippen molar-refractivity contribution in [1.29, 1.82) is 0 Å². The minimum Gasteiger partial charge on any atom is -0.378 e. The number of likely N-dealkylation sites (N-methyl/N-ethyl adjacent to an activating group) is 1. The number of hydrogen-bond acceptors (Lipinski definition) is 4. The predicted octanol–water partition coefficient (Wildman–Crippen LogP) is 1.36. The molecule has 1 N–H and O–H groups in total. The number of hydrogen-bond donors (Lipinski definition) is 1. The van der Waals surface area contributed by atoms with E-state index in [-0.39, 0.29) is 11.9 Å². The molecule has 2 rings (SSSR count). The van der Waals surface area contributed by atoms with Crippen molar-refractivity contribution in [3.8, 4) is 0 Å². The van der Waals surface area contributed by atoms with Crippen LogP contribution in [0.1, 0.15) is 30.8 Å². The second kappa shape index (κ2) is 7.03. The number of rotatable bonds is 7. The molecule has 1 amide bonds. The molecule has 0 spiro atoms. The van der Waals surface area contributed by atoms with Crippen molar-refractivity contribution in [3.63, 3.8) is 0 Å². The Hall–Kier alpha value is -2.15. The van der Waals surface area contributed by atoms with Crippen molar-refractivity contribution in [2.24, 2.45) is 0 Å². The third-order valence-corrected chi connectivity index (χ3v) is 3.28. The van der Waals surface area contributed by atoms with Gasteiger partial charge in [-0.1, -0.05) is 6.92 Å². The number of carbonyl (C=O) groups is 1. The first-order valence-electron chi connectivity index (χ1n) is 6.92. The van der Waals surface area contributed by atoms with Crippen LogP contribution in [0.5, 0.6) is 0 Å². The molecule has 0 radical (unpaired) electrons. The SMILES string of the molecule is CC[C@H](C(=O)N(C)Cc1cc(COC)n[nH]1)n1cccn1. The van der Waals surface area contributed by atoms with Crippen LogP contribution in [0.4, 0.5) is 0 Å². The fourth-order valence-electron chi connectivity index (χ4n) is 2.24. The van der Waals surface area contributed by atoms with Crippen molar-refractivity contribution in [1.82, 2.24) is 24.9 Å². The Morgan fingerprint density at radius 2 is 2.38 bits per heavy atom. The lowest BCUT2D eigenvalue weighted by Crippen LogP contribution is -2.34. The van der Waals surface area contributed by atoms with Crippen molar-refractivity contribution in [2.75, 3.05) is 14.2 Å². The highest BCUT2D eigenvalue weighted by molar-refractivity contribution is 5.80. The monoisotopic (exact) mass is 291 g/mol. The number of ether oxygens (including phenoxy) is 1. The number of carbonyl (C=O) groups excluding carboxylic acids is 1.